The van der Waals surface area contributed by atoms with Crippen LogP contribution >= 0.6 is 11.3 Å². The molecule has 0 aliphatic rings. The topological polar surface area (TPSA) is 136 Å². The van der Waals surface area contributed by atoms with Gasteiger partial charge in [0.15, 0.2) is 0 Å². The fourth-order valence-corrected chi connectivity index (χ4v) is 4.19. The van der Waals surface area contributed by atoms with Crippen molar-refractivity contribution in [3.8, 4) is 0 Å². The number of methoxy groups -OCH3 is 1. The summed E-state index contributed by atoms with van der Waals surface area (Å²) in [5, 5.41) is 10.0. The maximum Gasteiger partial charge on any atom is 0.408 e. The number of rotatable bonds is 10. The Morgan fingerprint density at radius 3 is 2.29 bits per heavy atom. The molecular formula is C27H36N4O6S. The van der Waals surface area contributed by atoms with Crippen LogP contribution in [0.15, 0.2) is 47.5 Å². The van der Waals surface area contributed by atoms with Crippen molar-refractivity contribution in [1.29, 1.82) is 0 Å². The first kappa shape index (κ1) is 30.5. The first-order chi connectivity index (χ1) is 17.8. The molecule has 2 aromatic rings. The minimum absolute atomic E-state index is 0.0354. The summed E-state index contributed by atoms with van der Waals surface area (Å²) in [6.45, 7) is 10.4. The minimum Gasteiger partial charge on any atom is -0.467 e. The smallest absolute Gasteiger partial charge is 0.408 e. The lowest BCUT2D eigenvalue weighted by molar-refractivity contribution is -0.146. The molecule has 0 aliphatic heterocycles. The van der Waals surface area contributed by atoms with Crippen molar-refractivity contribution in [2.75, 3.05) is 7.11 Å². The predicted octanol–water partition coefficient (Wildman–Crippen LogP) is 3.90. The Morgan fingerprint density at radius 2 is 1.74 bits per heavy atom. The lowest BCUT2D eigenvalue weighted by atomic mass is 10.0. The van der Waals surface area contributed by atoms with Gasteiger partial charge in [-0.2, -0.15) is 0 Å². The third-order valence-corrected chi connectivity index (χ3v) is 6.17. The quantitative estimate of drug-likeness (QED) is 0.305. The molecule has 1 aromatic heterocycles. The molecule has 0 saturated carbocycles. The Hall–Kier alpha value is -3.73. The van der Waals surface area contributed by atoms with E-state index in [2.05, 4.69) is 20.9 Å². The SMILES string of the molecule is C/C=C(\NC(=O)c1csc([C@@H](Cc2ccccc2)NC(=O)OC(C)(C)C)n1)C(=O)N[C@H](C(=O)OC)C(C)C. The van der Waals surface area contributed by atoms with Crippen molar-refractivity contribution in [1.82, 2.24) is 20.9 Å². The number of nitrogens with one attached hydrogen (secondary N) is 3. The number of allylic oxidation sites excluding steroid dienone is 1. The van der Waals surface area contributed by atoms with Gasteiger partial charge in [-0.15, -0.1) is 11.3 Å². The second-order valence-corrected chi connectivity index (χ2v) is 10.7. The minimum atomic E-state index is -0.872. The van der Waals surface area contributed by atoms with E-state index in [1.54, 1.807) is 46.9 Å². The van der Waals surface area contributed by atoms with Crippen LogP contribution < -0.4 is 16.0 Å². The first-order valence-electron chi connectivity index (χ1n) is 12.2. The molecular weight excluding hydrogens is 508 g/mol. The Bertz CT molecular complexity index is 1150. The number of benzene rings is 1. The van der Waals surface area contributed by atoms with Crippen LogP contribution in [0.25, 0.3) is 0 Å². The molecule has 10 nitrogen and oxygen atoms in total. The number of hydrogen-bond acceptors (Lipinski definition) is 8. The number of hydrogen-bond donors (Lipinski definition) is 3. The summed E-state index contributed by atoms with van der Waals surface area (Å²) in [6, 6.07) is 8.14. The second-order valence-electron chi connectivity index (χ2n) is 9.83. The average Bonchev–Trinajstić information content (AvgIpc) is 3.34. The van der Waals surface area contributed by atoms with E-state index in [4.69, 9.17) is 9.47 Å². The number of esters is 1. The fraction of sp³-hybridized carbons (Fsp3) is 0.444. The van der Waals surface area contributed by atoms with E-state index in [1.807, 2.05) is 30.3 Å². The van der Waals surface area contributed by atoms with E-state index in [0.29, 0.717) is 11.4 Å². The van der Waals surface area contributed by atoms with Crippen LogP contribution in [0.1, 0.15) is 68.6 Å². The number of alkyl carbamates (subject to hydrolysis) is 1. The molecule has 38 heavy (non-hydrogen) atoms. The van der Waals surface area contributed by atoms with Crippen LogP contribution in [0, 0.1) is 5.92 Å². The summed E-state index contributed by atoms with van der Waals surface area (Å²) in [6.07, 6.45) is 1.26. The molecule has 11 heteroatoms. The van der Waals surface area contributed by atoms with Crippen molar-refractivity contribution in [2.45, 2.75) is 65.6 Å². The maximum absolute atomic E-state index is 12.9. The highest BCUT2D eigenvalue weighted by atomic mass is 32.1. The van der Waals surface area contributed by atoms with Gasteiger partial charge in [-0.05, 0) is 45.6 Å². The molecule has 0 fully saturated rings. The summed E-state index contributed by atoms with van der Waals surface area (Å²) in [5.74, 6) is -2.04. The monoisotopic (exact) mass is 544 g/mol. The zero-order valence-electron chi connectivity index (χ0n) is 22.8. The standard InChI is InChI=1S/C27H36N4O6S/c1-8-18(22(32)31-21(16(2)3)25(34)36-7)28-23(33)20-15-38-24(29-20)19(14-17-12-10-9-11-13-17)30-26(35)37-27(4,5)6/h8-13,15-16,19,21H,14H2,1-7H3,(H,28,33)(H,30,35)(H,31,32)/b18-8-/t19-,21+/m1/s1. The summed E-state index contributed by atoms with van der Waals surface area (Å²) < 4.78 is 10.2. The van der Waals surface area contributed by atoms with Gasteiger partial charge in [0.25, 0.3) is 11.8 Å². The largest absolute Gasteiger partial charge is 0.467 e. The number of nitrogens with zero attached hydrogens (tertiary/aromatic N) is 1. The summed E-state index contributed by atoms with van der Waals surface area (Å²) in [4.78, 5) is 54.6. The molecule has 2 rings (SSSR count). The number of aromatic nitrogens is 1. The second kappa shape index (κ2) is 13.7. The molecule has 3 N–H and O–H groups in total. The van der Waals surface area contributed by atoms with Crippen LogP contribution in [0.4, 0.5) is 4.79 Å². The van der Waals surface area contributed by atoms with E-state index in [9.17, 15) is 19.2 Å². The van der Waals surface area contributed by atoms with Crippen molar-refractivity contribution in [3.05, 3.63) is 63.7 Å². The third kappa shape index (κ3) is 9.29. The molecule has 3 amide bonds. The molecule has 2 atom stereocenters. The summed E-state index contributed by atoms with van der Waals surface area (Å²) >= 11 is 1.21. The van der Waals surface area contributed by atoms with Gasteiger partial charge in [-0.25, -0.2) is 14.6 Å². The van der Waals surface area contributed by atoms with E-state index >= 15 is 0 Å². The highest BCUT2D eigenvalue weighted by Gasteiger charge is 2.28. The summed E-state index contributed by atoms with van der Waals surface area (Å²) in [7, 11) is 1.24. The molecule has 206 valence electrons. The number of carbonyl (C=O) groups excluding carboxylic acids is 4. The molecule has 1 heterocycles. The van der Waals surface area contributed by atoms with E-state index in [-0.39, 0.29) is 17.3 Å². The van der Waals surface area contributed by atoms with Crippen molar-refractivity contribution in [3.63, 3.8) is 0 Å². The van der Waals surface area contributed by atoms with Crippen LogP contribution in [0.3, 0.4) is 0 Å². The lowest BCUT2D eigenvalue weighted by Crippen LogP contribution is -2.47. The fourth-order valence-electron chi connectivity index (χ4n) is 3.34. The van der Waals surface area contributed by atoms with Crippen molar-refractivity contribution < 1.29 is 28.7 Å². The first-order valence-corrected chi connectivity index (χ1v) is 13.1. The van der Waals surface area contributed by atoms with Gasteiger partial charge in [0.05, 0.1) is 13.2 Å². The molecule has 0 bridgehead atoms. The Morgan fingerprint density at radius 1 is 1.08 bits per heavy atom. The summed E-state index contributed by atoms with van der Waals surface area (Å²) in [5.41, 5.74) is 0.329. The molecule has 0 unspecified atom stereocenters. The van der Waals surface area contributed by atoms with E-state index < -0.39 is 41.6 Å². The number of amides is 3. The molecule has 0 saturated heterocycles. The van der Waals surface area contributed by atoms with Crippen molar-refractivity contribution in [2.24, 2.45) is 5.92 Å². The number of carbonyl (C=O) groups is 4. The van der Waals surface area contributed by atoms with Crippen LogP contribution in [-0.4, -0.2) is 47.6 Å². The van der Waals surface area contributed by atoms with Gasteiger partial charge in [0.2, 0.25) is 0 Å². The maximum atomic E-state index is 12.9. The average molecular weight is 545 g/mol. The van der Waals surface area contributed by atoms with Gasteiger partial charge < -0.3 is 25.4 Å². The third-order valence-electron chi connectivity index (χ3n) is 5.22. The molecule has 0 spiro atoms. The lowest BCUT2D eigenvalue weighted by Gasteiger charge is -2.23. The Kier molecular flexibility index (Phi) is 11.0. The molecule has 0 radical (unpaired) electrons. The van der Waals surface area contributed by atoms with E-state index in [1.165, 1.54) is 24.5 Å². The van der Waals surface area contributed by atoms with E-state index in [0.717, 1.165) is 5.56 Å². The van der Waals surface area contributed by atoms with Crippen LogP contribution in [0.5, 0.6) is 0 Å². The highest BCUT2D eigenvalue weighted by Crippen LogP contribution is 2.23. The zero-order chi connectivity index (χ0) is 28.5. The van der Waals surface area contributed by atoms with Crippen LogP contribution in [-0.2, 0) is 25.5 Å². The van der Waals surface area contributed by atoms with Gasteiger partial charge in [-0.1, -0.05) is 50.3 Å². The normalized spacial score (nSPS) is 13.3. The van der Waals surface area contributed by atoms with Gasteiger partial charge in [-0.3, -0.25) is 9.59 Å². The molecule has 0 aliphatic carbocycles. The van der Waals surface area contributed by atoms with Gasteiger partial charge >= 0.3 is 12.1 Å². The predicted molar refractivity (Wildman–Crippen MR) is 144 cm³/mol. The molecule has 1 aromatic carbocycles. The number of thiazole rings is 1. The van der Waals surface area contributed by atoms with Gasteiger partial charge in [0.1, 0.15) is 28.0 Å². The van der Waals surface area contributed by atoms with Crippen LogP contribution in [0.2, 0.25) is 0 Å². The number of ether oxygens (including phenoxy) is 2. The Labute approximate surface area is 227 Å². The van der Waals surface area contributed by atoms with Crippen molar-refractivity contribution >= 4 is 35.2 Å². The Balaban J connectivity index is 2.19. The zero-order valence-corrected chi connectivity index (χ0v) is 23.6. The highest BCUT2D eigenvalue weighted by molar-refractivity contribution is 7.09. The van der Waals surface area contributed by atoms with Gasteiger partial charge in [0, 0.05) is 5.38 Å².